The van der Waals surface area contributed by atoms with Crippen molar-refractivity contribution in [2.75, 3.05) is 13.1 Å². The van der Waals surface area contributed by atoms with Crippen LogP contribution in [0.3, 0.4) is 0 Å². The Bertz CT molecular complexity index is 228. The fraction of sp³-hybridized carbons (Fsp3) is 1.00. The molecule has 25 heavy (non-hydrogen) atoms. The highest BCUT2D eigenvalue weighted by Crippen LogP contribution is 2.14. The van der Waals surface area contributed by atoms with E-state index in [1.165, 1.54) is 116 Å². The Kier molecular flexibility index (Phi) is 21.9. The van der Waals surface area contributed by atoms with Crippen molar-refractivity contribution >= 4 is 0 Å². The predicted octanol–water partition coefficient (Wildman–Crippen LogP) is 6.96. The summed E-state index contributed by atoms with van der Waals surface area (Å²) in [6.45, 7) is 6.45. The summed E-state index contributed by atoms with van der Waals surface area (Å²) in [6.07, 6.45) is 26.0. The molecule has 0 radical (unpaired) electrons. The van der Waals surface area contributed by atoms with Gasteiger partial charge >= 0.3 is 0 Å². The Balaban J connectivity index is 2.96. The van der Waals surface area contributed by atoms with Gasteiger partial charge in [0.2, 0.25) is 0 Å². The maximum Gasteiger partial charge on any atom is 0.0136 e. The largest absolute Gasteiger partial charge is 0.327 e. The molecular weight excluding hydrogens is 304 g/mol. The number of nitrogens with two attached hydrogens (primary N) is 1. The number of rotatable bonds is 21. The van der Waals surface area contributed by atoms with Crippen molar-refractivity contribution in [2.45, 2.75) is 135 Å². The summed E-state index contributed by atoms with van der Waals surface area (Å²) in [5.41, 5.74) is 5.71. The highest BCUT2D eigenvalue weighted by molar-refractivity contribution is 4.57. The van der Waals surface area contributed by atoms with Crippen LogP contribution in [-0.2, 0) is 0 Å². The molecule has 1 unspecified atom stereocenters. The van der Waals surface area contributed by atoms with Gasteiger partial charge in [-0.1, -0.05) is 116 Å². The predicted molar refractivity (Wildman–Crippen MR) is 115 cm³/mol. The maximum absolute atomic E-state index is 5.71. The first-order chi connectivity index (χ1) is 12.3. The topological polar surface area (TPSA) is 38.0 Å². The molecule has 2 nitrogen and oxygen atoms in total. The molecule has 0 aromatic carbocycles. The summed E-state index contributed by atoms with van der Waals surface area (Å²) in [7, 11) is 0. The minimum Gasteiger partial charge on any atom is -0.327 e. The first kappa shape index (κ1) is 24.9. The maximum atomic E-state index is 5.71. The van der Waals surface area contributed by atoms with Gasteiger partial charge in [-0.2, -0.15) is 0 Å². The molecule has 0 aromatic rings. The summed E-state index contributed by atoms with van der Waals surface area (Å²) in [5.74, 6) is 0. The highest BCUT2D eigenvalue weighted by Gasteiger charge is 1.96. The van der Waals surface area contributed by atoms with E-state index in [1.54, 1.807) is 0 Å². The number of hydrogen-bond donors (Lipinski definition) is 2. The fourth-order valence-corrected chi connectivity index (χ4v) is 3.48. The average molecular weight is 355 g/mol. The van der Waals surface area contributed by atoms with Crippen LogP contribution in [0.2, 0.25) is 0 Å². The van der Waals surface area contributed by atoms with Gasteiger partial charge in [0.25, 0.3) is 0 Å². The van der Waals surface area contributed by atoms with Crippen LogP contribution < -0.4 is 11.1 Å². The van der Waals surface area contributed by atoms with E-state index in [2.05, 4.69) is 19.2 Å². The van der Waals surface area contributed by atoms with Gasteiger partial charge in [0.1, 0.15) is 0 Å². The number of unbranched alkanes of at least 4 members (excludes halogenated alkanes) is 17. The van der Waals surface area contributed by atoms with E-state index in [9.17, 15) is 0 Å². The molecule has 3 N–H and O–H groups in total. The lowest BCUT2D eigenvalue weighted by Gasteiger charge is -2.07. The minimum absolute atomic E-state index is 0.288. The molecule has 0 spiro atoms. The van der Waals surface area contributed by atoms with Crippen LogP contribution in [0.25, 0.3) is 0 Å². The van der Waals surface area contributed by atoms with E-state index in [4.69, 9.17) is 5.73 Å². The third-order valence-electron chi connectivity index (χ3n) is 5.17. The van der Waals surface area contributed by atoms with Gasteiger partial charge in [-0.15, -0.1) is 0 Å². The van der Waals surface area contributed by atoms with Crippen molar-refractivity contribution in [3.05, 3.63) is 0 Å². The number of nitrogens with one attached hydrogen (secondary N) is 1. The normalized spacial score (nSPS) is 12.6. The molecule has 0 rings (SSSR count). The summed E-state index contributed by atoms with van der Waals surface area (Å²) < 4.78 is 0. The van der Waals surface area contributed by atoms with Crippen molar-refractivity contribution in [3.63, 3.8) is 0 Å². The quantitative estimate of drug-likeness (QED) is 0.218. The minimum atomic E-state index is 0.288. The summed E-state index contributed by atoms with van der Waals surface area (Å²) in [5, 5.41) is 3.41. The molecule has 0 bridgehead atoms. The molecule has 0 aliphatic heterocycles. The Labute approximate surface area is 160 Å². The molecule has 0 saturated carbocycles. The van der Waals surface area contributed by atoms with Crippen LogP contribution in [0, 0.1) is 0 Å². The zero-order valence-corrected chi connectivity index (χ0v) is 17.8. The van der Waals surface area contributed by atoms with E-state index in [-0.39, 0.29) is 6.04 Å². The van der Waals surface area contributed by atoms with Crippen LogP contribution in [0.4, 0.5) is 0 Å². The van der Waals surface area contributed by atoms with Crippen LogP contribution in [-0.4, -0.2) is 19.1 Å². The Hall–Kier alpha value is -0.0800. The van der Waals surface area contributed by atoms with E-state index in [1.807, 2.05) is 0 Å². The average Bonchev–Trinajstić information content (AvgIpc) is 2.60. The smallest absolute Gasteiger partial charge is 0.0136 e. The third kappa shape index (κ3) is 23.9. The molecule has 2 heteroatoms. The second-order valence-corrected chi connectivity index (χ2v) is 8.19. The first-order valence-corrected chi connectivity index (χ1v) is 11.7. The van der Waals surface area contributed by atoms with Crippen LogP contribution in [0.1, 0.15) is 129 Å². The van der Waals surface area contributed by atoms with E-state index in [0.29, 0.717) is 0 Å². The lowest BCUT2D eigenvalue weighted by molar-refractivity contribution is 0.519. The second kappa shape index (κ2) is 22.0. The molecule has 0 aromatic heterocycles. The van der Waals surface area contributed by atoms with E-state index < -0.39 is 0 Å². The number of hydrogen-bond acceptors (Lipinski definition) is 2. The van der Waals surface area contributed by atoms with Gasteiger partial charge in [0.05, 0.1) is 0 Å². The molecule has 0 aliphatic carbocycles. The van der Waals surface area contributed by atoms with E-state index in [0.717, 1.165) is 13.1 Å². The lowest BCUT2D eigenvalue weighted by atomic mass is 10.0. The fourth-order valence-electron chi connectivity index (χ4n) is 3.48. The SMILES string of the molecule is CCCCCCCCCCCCCCCCCCCCNCC(C)N. The van der Waals surface area contributed by atoms with Crippen LogP contribution in [0.5, 0.6) is 0 Å². The van der Waals surface area contributed by atoms with Gasteiger partial charge < -0.3 is 11.1 Å². The molecule has 0 heterocycles. The molecule has 152 valence electrons. The molecule has 0 aliphatic rings. The van der Waals surface area contributed by atoms with Crippen LogP contribution >= 0.6 is 0 Å². The zero-order valence-electron chi connectivity index (χ0n) is 17.8. The molecule has 1 atom stereocenters. The highest BCUT2D eigenvalue weighted by atomic mass is 14.9. The standard InChI is InChI=1S/C23H50N2/c1-3-4-5-6-7-8-9-10-11-12-13-14-15-16-17-18-19-20-21-25-22-23(2)24/h23,25H,3-22,24H2,1-2H3. The molecule has 0 fully saturated rings. The lowest BCUT2D eigenvalue weighted by Crippen LogP contribution is -2.31. The van der Waals surface area contributed by atoms with Gasteiger partial charge in [0.15, 0.2) is 0 Å². The van der Waals surface area contributed by atoms with Gasteiger partial charge in [-0.25, -0.2) is 0 Å². The van der Waals surface area contributed by atoms with Crippen molar-refractivity contribution in [1.29, 1.82) is 0 Å². The van der Waals surface area contributed by atoms with Crippen LogP contribution in [0.15, 0.2) is 0 Å². The Morgan fingerprint density at radius 1 is 0.560 bits per heavy atom. The molecule has 0 amide bonds. The molecular formula is C23H50N2. The Morgan fingerprint density at radius 3 is 1.20 bits per heavy atom. The first-order valence-electron chi connectivity index (χ1n) is 11.7. The summed E-state index contributed by atoms with van der Waals surface area (Å²) in [4.78, 5) is 0. The Morgan fingerprint density at radius 2 is 0.880 bits per heavy atom. The van der Waals surface area contributed by atoms with E-state index >= 15 is 0 Å². The van der Waals surface area contributed by atoms with Gasteiger partial charge in [-0.05, 0) is 19.9 Å². The summed E-state index contributed by atoms with van der Waals surface area (Å²) in [6, 6.07) is 0.288. The second-order valence-electron chi connectivity index (χ2n) is 8.19. The van der Waals surface area contributed by atoms with Gasteiger partial charge in [-0.3, -0.25) is 0 Å². The van der Waals surface area contributed by atoms with Crippen molar-refractivity contribution in [3.8, 4) is 0 Å². The van der Waals surface area contributed by atoms with Crippen molar-refractivity contribution in [2.24, 2.45) is 5.73 Å². The zero-order chi connectivity index (χ0) is 18.4. The summed E-state index contributed by atoms with van der Waals surface area (Å²) >= 11 is 0. The van der Waals surface area contributed by atoms with Crippen molar-refractivity contribution in [1.82, 2.24) is 5.32 Å². The third-order valence-corrected chi connectivity index (χ3v) is 5.17. The van der Waals surface area contributed by atoms with Crippen molar-refractivity contribution < 1.29 is 0 Å². The van der Waals surface area contributed by atoms with Gasteiger partial charge in [0, 0.05) is 12.6 Å². The monoisotopic (exact) mass is 354 g/mol. The molecule has 0 saturated heterocycles.